The lowest BCUT2D eigenvalue weighted by Crippen LogP contribution is -2.31. The van der Waals surface area contributed by atoms with E-state index < -0.39 is 10.0 Å². The molecule has 1 aliphatic heterocycles. The predicted molar refractivity (Wildman–Crippen MR) is 92.9 cm³/mol. The summed E-state index contributed by atoms with van der Waals surface area (Å²) >= 11 is 0. The van der Waals surface area contributed by atoms with Gasteiger partial charge in [-0.2, -0.15) is 4.31 Å². The maximum absolute atomic E-state index is 13.1. The molecule has 0 amide bonds. The molecule has 0 aliphatic carbocycles. The second kappa shape index (κ2) is 6.46. The lowest BCUT2D eigenvalue weighted by molar-refractivity contribution is 0.395. The summed E-state index contributed by atoms with van der Waals surface area (Å²) in [6.07, 6.45) is 2.71. The third-order valence-electron chi connectivity index (χ3n) is 4.69. The van der Waals surface area contributed by atoms with Crippen LogP contribution in [0.4, 0.5) is 0 Å². The molecular formula is C19H23NO2S. The maximum Gasteiger partial charge on any atom is 0.243 e. The van der Waals surface area contributed by atoms with Crippen molar-refractivity contribution >= 4 is 10.0 Å². The highest BCUT2D eigenvalue weighted by Crippen LogP contribution is 2.37. The van der Waals surface area contributed by atoms with Gasteiger partial charge in [-0.15, -0.1) is 0 Å². The molecule has 0 bridgehead atoms. The van der Waals surface area contributed by atoms with E-state index >= 15 is 0 Å². The first-order valence-corrected chi connectivity index (χ1v) is 9.64. The van der Waals surface area contributed by atoms with Gasteiger partial charge in [0.05, 0.1) is 10.9 Å². The molecule has 0 spiro atoms. The SMILES string of the molecule is CCc1ccc(S(=O)(=O)N2CCCC2c2ccccc2C)cc1. The van der Waals surface area contributed by atoms with Gasteiger partial charge < -0.3 is 0 Å². The van der Waals surface area contributed by atoms with Gasteiger partial charge in [0.25, 0.3) is 0 Å². The fraction of sp³-hybridized carbons (Fsp3) is 0.368. The molecule has 3 nitrogen and oxygen atoms in total. The van der Waals surface area contributed by atoms with E-state index in [1.807, 2.05) is 30.3 Å². The van der Waals surface area contributed by atoms with Crippen molar-refractivity contribution in [2.45, 2.75) is 44.0 Å². The van der Waals surface area contributed by atoms with Gasteiger partial charge in [0.2, 0.25) is 10.0 Å². The van der Waals surface area contributed by atoms with Crippen molar-refractivity contribution in [3.8, 4) is 0 Å². The molecule has 0 saturated carbocycles. The molecule has 4 heteroatoms. The van der Waals surface area contributed by atoms with E-state index in [0.717, 1.165) is 36.0 Å². The number of hydrogen-bond donors (Lipinski definition) is 0. The molecule has 2 aromatic rings. The zero-order valence-electron chi connectivity index (χ0n) is 13.7. The van der Waals surface area contributed by atoms with Crippen LogP contribution in [-0.2, 0) is 16.4 Å². The molecule has 122 valence electrons. The van der Waals surface area contributed by atoms with Crippen LogP contribution in [-0.4, -0.2) is 19.3 Å². The molecule has 1 aliphatic rings. The first-order valence-electron chi connectivity index (χ1n) is 8.20. The molecular weight excluding hydrogens is 306 g/mol. The van der Waals surface area contributed by atoms with E-state index in [1.165, 1.54) is 0 Å². The summed E-state index contributed by atoms with van der Waals surface area (Å²) in [4.78, 5) is 0.398. The van der Waals surface area contributed by atoms with E-state index in [0.29, 0.717) is 11.4 Å². The molecule has 3 rings (SSSR count). The maximum atomic E-state index is 13.1. The lowest BCUT2D eigenvalue weighted by Gasteiger charge is -2.25. The van der Waals surface area contributed by atoms with Gasteiger partial charge in [-0.25, -0.2) is 8.42 Å². The van der Waals surface area contributed by atoms with Crippen LogP contribution in [0.2, 0.25) is 0 Å². The van der Waals surface area contributed by atoms with Crippen LogP contribution in [0.1, 0.15) is 42.5 Å². The van der Waals surface area contributed by atoms with Crippen molar-refractivity contribution in [1.82, 2.24) is 4.31 Å². The zero-order valence-corrected chi connectivity index (χ0v) is 14.5. The molecule has 23 heavy (non-hydrogen) atoms. The molecule has 0 N–H and O–H groups in total. The van der Waals surface area contributed by atoms with Gasteiger partial charge in [-0.1, -0.05) is 43.3 Å². The minimum absolute atomic E-state index is 0.0490. The van der Waals surface area contributed by atoms with Crippen molar-refractivity contribution in [1.29, 1.82) is 0 Å². The molecule has 0 radical (unpaired) electrons. The highest BCUT2D eigenvalue weighted by atomic mass is 32.2. The van der Waals surface area contributed by atoms with Crippen LogP contribution in [0.3, 0.4) is 0 Å². The average Bonchev–Trinajstić information content (AvgIpc) is 3.05. The topological polar surface area (TPSA) is 37.4 Å². The van der Waals surface area contributed by atoms with E-state index in [-0.39, 0.29) is 6.04 Å². The first-order chi connectivity index (χ1) is 11.0. The minimum Gasteiger partial charge on any atom is -0.207 e. The average molecular weight is 329 g/mol. The summed E-state index contributed by atoms with van der Waals surface area (Å²) in [5.74, 6) is 0. The quantitative estimate of drug-likeness (QED) is 0.847. The molecule has 1 heterocycles. The molecule has 1 atom stereocenters. The van der Waals surface area contributed by atoms with Crippen LogP contribution >= 0.6 is 0 Å². The summed E-state index contributed by atoms with van der Waals surface area (Å²) in [5, 5.41) is 0. The smallest absolute Gasteiger partial charge is 0.207 e. The fourth-order valence-corrected chi connectivity index (χ4v) is 5.01. The van der Waals surface area contributed by atoms with Crippen molar-refractivity contribution in [3.05, 3.63) is 65.2 Å². The molecule has 0 aromatic heterocycles. The van der Waals surface area contributed by atoms with Crippen LogP contribution in [0.25, 0.3) is 0 Å². The standard InChI is InChI=1S/C19H23NO2S/c1-3-16-10-12-17(13-11-16)23(21,22)20-14-6-9-19(20)18-8-5-4-7-15(18)2/h4-5,7-8,10-13,19H,3,6,9,14H2,1-2H3. The Kier molecular flexibility index (Phi) is 4.55. The van der Waals surface area contributed by atoms with Gasteiger partial charge >= 0.3 is 0 Å². The number of rotatable bonds is 4. The number of benzene rings is 2. The van der Waals surface area contributed by atoms with Crippen LogP contribution < -0.4 is 0 Å². The van der Waals surface area contributed by atoms with Crippen LogP contribution in [0, 0.1) is 6.92 Å². The van der Waals surface area contributed by atoms with Gasteiger partial charge in [-0.3, -0.25) is 0 Å². The second-order valence-corrected chi connectivity index (χ2v) is 8.02. The van der Waals surface area contributed by atoms with Crippen molar-refractivity contribution < 1.29 is 8.42 Å². The Balaban J connectivity index is 1.96. The fourth-order valence-electron chi connectivity index (χ4n) is 3.33. The summed E-state index contributed by atoms with van der Waals surface area (Å²) < 4.78 is 27.8. The Morgan fingerprint density at radius 1 is 1.09 bits per heavy atom. The zero-order chi connectivity index (χ0) is 16.4. The molecule has 1 fully saturated rings. The van der Waals surface area contributed by atoms with E-state index in [2.05, 4.69) is 19.9 Å². The summed E-state index contributed by atoms with van der Waals surface area (Å²) in [6, 6.07) is 15.3. The first kappa shape index (κ1) is 16.2. The number of sulfonamides is 1. The van der Waals surface area contributed by atoms with Crippen molar-refractivity contribution in [3.63, 3.8) is 0 Å². The third kappa shape index (κ3) is 3.06. The van der Waals surface area contributed by atoms with Crippen LogP contribution in [0.15, 0.2) is 53.4 Å². The van der Waals surface area contributed by atoms with Gasteiger partial charge in [-0.05, 0) is 55.0 Å². The summed E-state index contributed by atoms with van der Waals surface area (Å²) in [5.41, 5.74) is 3.43. The lowest BCUT2D eigenvalue weighted by atomic mass is 10.0. The predicted octanol–water partition coefficient (Wildman–Crippen LogP) is 4.08. The summed E-state index contributed by atoms with van der Waals surface area (Å²) in [7, 11) is -3.44. The van der Waals surface area contributed by atoms with Crippen molar-refractivity contribution in [2.24, 2.45) is 0 Å². The Morgan fingerprint density at radius 2 is 1.78 bits per heavy atom. The molecule has 1 unspecified atom stereocenters. The van der Waals surface area contributed by atoms with Gasteiger partial charge in [0.1, 0.15) is 0 Å². The largest absolute Gasteiger partial charge is 0.243 e. The Morgan fingerprint density at radius 3 is 2.43 bits per heavy atom. The number of nitrogens with zero attached hydrogens (tertiary/aromatic N) is 1. The van der Waals surface area contributed by atoms with Gasteiger partial charge in [0.15, 0.2) is 0 Å². The van der Waals surface area contributed by atoms with Crippen molar-refractivity contribution in [2.75, 3.05) is 6.54 Å². The van der Waals surface area contributed by atoms with Crippen LogP contribution in [0.5, 0.6) is 0 Å². The summed E-state index contributed by atoms with van der Waals surface area (Å²) in [6.45, 7) is 4.71. The number of aryl methyl sites for hydroxylation is 2. The number of hydrogen-bond acceptors (Lipinski definition) is 2. The van der Waals surface area contributed by atoms with E-state index in [1.54, 1.807) is 16.4 Å². The Hall–Kier alpha value is -1.65. The van der Waals surface area contributed by atoms with Gasteiger partial charge in [0, 0.05) is 6.54 Å². The Labute approximate surface area is 139 Å². The Bertz CT molecular complexity index is 781. The van der Waals surface area contributed by atoms with E-state index in [4.69, 9.17) is 0 Å². The highest BCUT2D eigenvalue weighted by molar-refractivity contribution is 7.89. The minimum atomic E-state index is -3.44. The normalized spacial score (nSPS) is 19.1. The highest BCUT2D eigenvalue weighted by Gasteiger charge is 2.36. The molecule has 2 aromatic carbocycles. The second-order valence-electron chi connectivity index (χ2n) is 6.13. The monoisotopic (exact) mass is 329 g/mol. The molecule has 1 saturated heterocycles. The van der Waals surface area contributed by atoms with E-state index in [9.17, 15) is 8.42 Å². The third-order valence-corrected chi connectivity index (χ3v) is 6.61.